The summed E-state index contributed by atoms with van der Waals surface area (Å²) < 4.78 is 5.27. The first-order valence-corrected chi connectivity index (χ1v) is 43.6. The van der Waals surface area contributed by atoms with E-state index in [2.05, 4.69) is 88.8 Å². The zero-order valence-corrected chi connectivity index (χ0v) is 68.3. The van der Waals surface area contributed by atoms with Gasteiger partial charge < -0.3 is 30.6 Å². The minimum Gasteiger partial charge on any atom is -0.871 e. The molecule has 0 amide bonds. The second-order valence-electron chi connectivity index (χ2n) is 32.2. The number of unbranched alkanes of at least 4 members (excludes halogenated alkanes) is 24. The van der Waals surface area contributed by atoms with Gasteiger partial charge in [-0.25, -0.2) is 9.15 Å². The molecule has 10 nitrogen and oxygen atoms in total. The molecule has 0 radical (unpaired) electrons. The number of aromatic hydroxyl groups is 4. The van der Waals surface area contributed by atoms with E-state index in [4.69, 9.17) is 0 Å². The standard InChI is InChI=1S/C98H140N2O8/c1-9-17-25-33-41-75(42-34-26-18-10-2)69-99(70-76(43-35-27-19-11-3)44-36-28-20-12-4)83-61-57-81(58-62-83)89-95(105)93(96(89)106)91-85(101)65-79(66-86(91)102)55-53-73-49-51-74(52-50-73)54-56-80-67-87(103)92(88(104)68-80)94-97(107)90(98(94)108)82-59-63-84(64-60-82)100(71-77(45-37-29-21-13-5)46-38-30-22-14-6)72-78(47-39-31-23-15-7)48-40-32-24-16-8/h49-68,75-78H,9-48,69-72H2,1-8H3,(H4,101,102,103,104,105,106,107,108)/b55-53+,56-54+. The molecule has 0 atom stereocenters. The summed E-state index contributed by atoms with van der Waals surface area (Å²) in [7, 11) is 0. The summed E-state index contributed by atoms with van der Waals surface area (Å²) in [5.41, 5.74) is 5.27. The number of benzene rings is 3. The van der Waals surface area contributed by atoms with Crippen LogP contribution in [0.2, 0.25) is 0 Å². The third kappa shape index (κ3) is 27.5. The van der Waals surface area contributed by atoms with Gasteiger partial charge in [0.15, 0.2) is 23.0 Å². The van der Waals surface area contributed by atoms with Gasteiger partial charge in [-0.05, 0) is 133 Å². The minimum absolute atomic E-state index is 0.0663. The summed E-state index contributed by atoms with van der Waals surface area (Å²) in [5.74, 6) is -1.07. The third-order valence-corrected chi connectivity index (χ3v) is 23.1. The average Bonchev–Trinajstić information content (AvgIpc) is 0.743. The molecular weight excluding hydrogens is 1330 g/mol. The van der Waals surface area contributed by atoms with E-state index >= 15 is 0 Å². The smallest absolute Gasteiger partial charge is 0.199 e. The van der Waals surface area contributed by atoms with Crippen LogP contribution in [0.1, 0.15) is 346 Å². The predicted octanol–water partition coefficient (Wildman–Crippen LogP) is 24.1. The monoisotopic (exact) mass is 1470 g/mol. The second-order valence-corrected chi connectivity index (χ2v) is 32.2. The van der Waals surface area contributed by atoms with Crippen molar-refractivity contribution in [1.29, 1.82) is 0 Å². The maximum absolute atomic E-state index is 14.0. The van der Waals surface area contributed by atoms with Gasteiger partial charge in [-0.15, -0.1) is 0 Å². The largest absolute Gasteiger partial charge is 0.871 e. The number of carbonyl (C=O) groups excluding carboxylic acids is 2. The van der Waals surface area contributed by atoms with E-state index in [1.165, 1.54) is 281 Å². The molecule has 0 fully saturated rings. The van der Waals surface area contributed by atoms with Gasteiger partial charge in [-0.3, -0.25) is 9.59 Å². The summed E-state index contributed by atoms with van der Waals surface area (Å²) in [6, 6.07) is 13.3. The summed E-state index contributed by atoms with van der Waals surface area (Å²) in [6.07, 6.45) is 73.3. The van der Waals surface area contributed by atoms with Crippen molar-refractivity contribution in [1.82, 2.24) is 0 Å². The lowest BCUT2D eigenvalue weighted by atomic mass is 9.79. The van der Waals surface area contributed by atoms with Crippen LogP contribution < -0.4 is 10.2 Å². The van der Waals surface area contributed by atoms with E-state index in [1.807, 2.05) is 60.7 Å². The number of carbonyl (C=O) groups is 2. The molecule has 7 rings (SSSR count). The zero-order valence-electron chi connectivity index (χ0n) is 68.3. The Morgan fingerprint density at radius 2 is 0.509 bits per heavy atom. The highest BCUT2D eigenvalue weighted by Gasteiger charge is 2.37. The van der Waals surface area contributed by atoms with Gasteiger partial charge in [-0.1, -0.05) is 321 Å². The summed E-state index contributed by atoms with van der Waals surface area (Å²) >= 11 is 0. The second kappa shape index (κ2) is 48.9. The molecule has 0 bridgehead atoms. The maximum Gasteiger partial charge on any atom is 0.199 e. The third-order valence-electron chi connectivity index (χ3n) is 23.1. The molecule has 0 aromatic heterocycles. The number of hydrogen-bond donors (Lipinski definition) is 4. The fourth-order valence-electron chi connectivity index (χ4n) is 16.5. The van der Waals surface area contributed by atoms with Crippen molar-refractivity contribution in [3.8, 4) is 23.0 Å². The van der Waals surface area contributed by atoms with E-state index < -0.39 is 23.1 Å². The van der Waals surface area contributed by atoms with Crippen molar-refractivity contribution in [3.63, 3.8) is 0 Å². The summed E-state index contributed by atoms with van der Waals surface area (Å²) in [6.45, 7) is 22.2. The molecule has 0 saturated carbocycles. The average molecular weight is 1470 g/mol. The van der Waals surface area contributed by atoms with Crippen LogP contribution in [0, 0.1) is 23.7 Å². The van der Waals surface area contributed by atoms with Gasteiger partial charge in [0.25, 0.3) is 0 Å². The molecule has 0 unspecified atom stereocenters. The topological polar surface area (TPSA) is 167 Å². The Labute approximate surface area is 653 Å². The Bertz CT molecular complexity index is 3290. The van der Waals surface area contributed by atoms with Crippen LogP contribution in [0.3, 0.4) is 0 Å². The molecule has 10 heteroatoms. The number of allylic oxidation sites excluding steroid dienone is 14. The van der Waals surface area contributed by atoms with Gasteiger partial charge in [-0.2, -0.15) is 0 Å². The minimum atomic E-state index is -0.497. The molecule has 0 heterocycles. The van der Waals surface area contributed by atoms with Crippen molar-refractivity contribution in [3.05, 3.63) is 164 Å². The maximum atomic E-state index is 14.0. The number of ketones is 2. The molecule has 590 valence electrons. The van der Waals surface area contributed by atoms with Crippen LogP contribution in [0.25, 0.3) is 35.5 Å². The molecule has 0 saturated heterocycles. The van der Waals surface area contributed by atoms with Crippen LogP contribution in [0.5, 0.6) is 23.0 Å². The fraction of sp³-hybridized carbons (Fsp3) is 0.571. The highest BCUT2D eigenvalue weighted by molar-refractivity contribution is 6.41. The molecule has 3 aromatic carbocycles. The van der Waals surface area contributed by atoms with E-state index in [0.717, 1.165) is 48.7 Å². The number of rotatable bonds is 54. The van der Waals surface area contributed by atoms with Gasteiger partial charge in [0.2, 0.25) is 0 Å². The molecule has 4 aliphatic rings. The molecule has 0 aliphatic heterocycles. The number of phenols is 4. The van der Waals surface area contributed by atoms with Gasteiger partial charge >= 0.3 is 0 Å². The molecule has 0 spiro atoms. The Hall–Kier alpha value is -7.46. The predicted molar refractivity (Wildman–Crippen MR) is 452 cm³/mol. The van der Waals surface area contributed by atoms with Crippen LogP contribution in [-0.2, 0) is 9.59 Å². The van der Waals surface area contributed by atoms with Gasteiger partial charge in [0.1, 0.15) is 49.2 Å². The van der Waals surface area contributed by atoms with Crippen molar-refractivity contribution < 1.29 is 49.4 Å². The van der Waals surface area contributed by atoms with E-state index in [1.54, 1.807) is 12.2 Å². The first kappa shape index (κ1) is 87.8. The Morgan fingerprint density at radius 3 is 0.713 bits per heavy atom. The first-order chi connectivity index (χ1) is 52.6. The van der Waals surface area contributed by atoms with E-state index in [-0.39, 0.29) is 56.4 Å². The molecular formula is C98H140N2O8. The van der Waals surface area contributed by atoms with Crippen LogP contribution in [-0.4, -0.2) is 78.7 Å². The number of nitrogens with zero attached hydrogens (tertiary/aromatic N) is 2. The van der Waals surface area contributed by atoms with Crippen LogP contribution in [0.15, 0.2) is 131 Å². The lowest BCUT2D eigenvalue weighted by molar-refractivity contribution is -0.541. The Morgan fingerprint density at radius 1 is 0.296 bits per heavy atom. The lowest BCUT2D eigenvalue weighted by Gasteiger charge is -2.32. The molecule has 108 heavy (non-hydrogen) atoms. The number of phenolic OH excluding ortho intramolecular Hbond substituents is 4. The highest BCUT2D eigenvalue weighted by Crippen LogP contribution is 2.47. The Kier molecular flexibility index (Phi) is 39.8. The number of hydrogen-bond acceptors (Lipinski definition) is 8. The zero-order chi connectivity index (χ0) is 77.4. The van der Waals surface area contributed by atoms with E-state index in [0.29, 0.717) is 45.9 Å². The molecule has 3 aromatic rings. The van der Waals surface area contributed by atoms with Gasteiger partial charge in [0, 0.05) is 70.3 Å². The normalized spacial score (nSPS) is 14.6. The van der Waals surface area contributed by atoms with Crippen molar-refractivity contribution in [2.75, 3.05) is 26.2 Å². The van der Waals surface area contributed by atoms with Crippen molar-refractivity contribution >= 4 is 58.4 Å². The fourth-order valence-corrected chi connectivity index (χ4v) is 16.5. The quantitative estimate of drug-likeness (QED) is 0.0188. The van der Waals surface area contributed by atoms with E-state index in [9.17, 15) is 40.2 Å². The lowest BCUT2D eigenvalue weighted by Crippen LogP contribution is -2.32. The van der Waals surface area contributed by atoms with Crippen LogP contribution >= 0.6 is 0 Å². The molecule has 4 aliphatic carbocycles. The highest BCUT2D eigenvalue weighted by atomic mass is 16.3. The molecule has 4 N–H and O–H groups in total. The number of Topliss-reactive ketones (excluding diaryl/α,β-unsaturated/α-hetero) is 2. The Balaban J connectivity index is 1.04. The first-order valence-electron chi connectivity index (χ1n) is 43.6. The summed E-state index contributed by atoms with van der Waals surface area (Å²) in [5, 5.41) is 73.6. The van der Waals surface area contributed by atoms with Gasteiger partial charge in [0.05, 0.1) is 11.1 Å². The summed E-state index contributed by atoms with van der Waals surface area (Å²) in [4.78, 5) is 28.1. The van der Waals surface area contributed by atoms with Crippen molar-refractivity contribution in [2.24, 2.45) is 23.7 Å². The van der Waals surface area contributed by atoms with Crippen molar-refractivity contribution in [2.45, 2.75) is 312 Å². The SMILES string of the molecule is CCCCCCC(CCCCCC)C[N+](CC(CCCCCC)CCCCCC)=C1C=CC(=C2C(=O)C(c3c(O)cc(/C=C/c4ccc(/C=C/c5cc(O)c(C6=C([O-])C(=C7C=CC(=[N+](CC(CCCCCC)CCCCCC)CC(CCCCCC)CCCCCC)C=C7)C6=O)c(O)c5)cc4)cc3O)=C2[O-])C=C1. The van der Waals surface area contributed by atoms with Crippen LogP contribution in [0.4, 0.5) is 0 Å².